The van der Waals surface area contributed by atoms with E-state index in [1.165, 1.54) is 25.3 Å². The molecule has 5 nitrogen and oxygen atoms in total. The molecule has 110 valence electrons. The molecule has 0 amide bonds. The van der Waals surface area contributed by atoms with Crippen molar-refractivity contribution in [3.8, 4) is 5.75 Å². The van der Waals surface area contributed by atoms with Crippen LogP contribution < -0.4 is 10.1 Å². The fourth-order valence-corrected chi connectivity index (χ4v) is 2.42. The third kappa shape index (κ3) is 3.40. The summed E-state index contributed by atoms with van der Waals surface area (Å²) in [4.78, 5) is 10.6. The summed E-state index contributed by atoms with van der Waals surface area (Å²) in [6.07, 6.45) is 3.74. The van der Waals surface area contributed by atoms with Gasteiger partial charge < -0.3 is 10.1 Å². The zero-order valence-electron chi connectivity index (χ0n) is 12.3. The van der Waals surface area contributed by atoms with Crippen molar-refractivity contribution in [2.75, 3.05) is 5.32 Å². The second kappa shape index (κ2) is 6.11. The van der Waals surface area contributed by atoms with Crippen LogP contribution in [0.3, 0.4) is 0 Å². The van der Waals surface area contributed by atoms with Gasteiger partial charge in [-0.3, -0.25) is 10.1 Å². The quantitative estimate of drug-likeness (QED) is 0.631. The first-order valence-electron chi connectivity index (χ1n) is 7.19. The largest absolute Gasteiger partial charge is 0.484 e. The van der Waals surface area contributed by atoms with Gasteiger partial charge in [-0.05, 0) is 45.6 Å². The molecule has 1 aliphatic carbocycles. The Morgan fingerprint density at radius 3 is 2.55 bits per heavy atom. The van der Waals surface area contributed by atoms with Gasteiger partial charge in [-0.25, -0.2) is 0 Å². The molecule has 2 rings (SSSR count). The molecule has 1 fully saturated rings. The molecule has 20 heavy (non-hydrogen) atoms. The molecule has 0 bridgehead atoms. The molecular weight excluding hydrogens is 256 g/mol. The maximum atomic E-state index is 11.0. The number of nitrogens with one attached hydrogen (secondary N) is 1. The standard InChI is InChI=1S/C15H22N2O3/c1-10(2)20-15-9-13(7-8-14(15)17(18)19)16-11(3)12-5-4-6-12/h7-12,16H,4-6H2,1-3H3. The number of hydrogen-bond acceptors (Lipinski definition) is 4. The lowest BCUT2D eigenvalue weighted by atomic mass is 9.80. The summed E-state index contributed by atoms with van der Waals surface area (Å²) in [6, 6.07) is 5.37. The SMILES string of the molecule is CC(C)Oc1cc(NC(C)C2CCC2)ccc1[N+](=O)[O-]. The lowest BCUT2D eigenvalue weighted by Crippen LogP contribution is -2.30. The average molecular weight is 278 g/mol. The number of anilines is 1. The van der Waals surface area contributed by atoms with Crippen molar-refractivity contribution >= 4 is 11.4 Å². The van der Waals surface area contributed by atoms with E-state index in [4.69, 9.17) is 4.74 Å². The van der Waals surface area contributed by atoms with Gasteiger partial charge in [0.05, 0.1) is 11.0 Å². The summed E-state index contributed by atoms with van der Waals surface area (Å²) in [7, 11) is 0. The molecule has 0 heterocycles. The van der Waals surface area contributed by atoms with Crippen molar-refractivity contribution in [1.82, 2.24) is 0 Å². The highest BCUT2D eigenvalue weighted by molar-refractivity contribution is 5.58. The first-order valence-corrected chi connectivity index (χ1v) is 7.19. The van der Waals surface area contributed by atoms with Gasteiger partial charge >= 0.3 is 5.69 Å². The number of ether oxygens (including phenoxy) is 1. The van der Waals surface area contributed by atoms with Crippen LogP contribution in [0.5, 0.6) is 5.75 Å². The Balaban J connectivity index is 2.15. The van der Waals surface area contributed by atoms with Gasteiger partial charge in [0, 0.05) is 23.9 Å². The molecule has 1 aliphatic rings. The molecule has 1 aromatic rings. The molecule has 1 saturated carbocycles. The van der Waals surface area contributed by atoms with Crippen LogP contribution >= 0.6 is 0 Å². The van der Waals surface area contributed by atoms with Crippen LogP contribution in [0.1, 0.15) is 40.0 Å². The summed E-state index contributed by atoms with van der Waals surface area (Å²) in [5.41, 5.74) is 0.895. The first kappa shape index (κ1) is 14.6. The summed E-state index contributed by atoms with van der Waals surface area (Å²) in [6.45, 7) is 5.88. The number of nitrogens with zero attached hydrogens (tertiary/aromatic N) is 1. The molecule has 0 radical (unpaired) electrons. The molecule has 1 unspecified atom stereocenters. The van der Waals surface area contributed by atoms with E-state index < -0.39 is 4.92 Å². The third-order valence-corrected chi connectivity index (χ3v) is 3.77. The minimum absolute atomic E-state index is 0.0144. The zero-order valence-corrected chi connectivity index (χ0v) is 12.3. The minimum Gasteiger partial charge on any atom is -0.484 e. The maximum Gasteiger partial charge on any atom is 0.311 e. The molecule has 1 atom stereocenters. The van der Waals surface area contributed by atoms with Crippen LogP contribution in [0.4, 0.5) is 11.4 Å². The van der Waals surface area contributed by atoms with Crippen molar-refractivity contribution in [2.24, 2.45) is 5.92 Å². The summed E-state index contributed by atoms with van der Waals surface area (Å²) < 4.78 is 5.55. The Bertz CT molecular complexity index is 484. The van der Waals surface area contributed by atoms with E-state index in [1.54, 1.807) is 12.1 Å². The van der Waals surface area contributed by atoms with Gasteiger partial charge in [-0.1, -0.05) is 6.42 Å². The highest BCUT2D eigenvalue weighted by Gasteiger charge is 2.24. The highest BCUT2D eigenvalue weighted by atomic mass is 16.6. The summed E-state index contributed by atoms with van der Waals surface area (Å²) >= 11 is 0. The van der Waals surface area contributed by atoms with Crippen molar-refractivity contribution < 1.29 is 9.66 Å². The molecule has 0 spiro atoms. The topological polar surface area (TPSA) is 64.4 Å². The predicted octanol–water partition coefficient (Wildman–Crippen LogP) is 3.98. The van der Waals surface area contributed by atoms with E-state index >= 15 is 0 Å². The minimum atomic E-state index is -0.406. The van der Waals surface area contributed by atoms with Crippen molar-refractivity contribution in [1.29, 1.82) is 0 Å². The van der Waals surface area contributed by atoms with Crippen LogP contribution in [0.2, 0.25) is 0 Å². The Morgan fingerprint density at radius 1 is 1.35 bits per heavy atom. The Kier molecular flexibility index (Phi) is 4.47. The number of hydrogen-bond donors (Lipinski definition) is 1. The van der Waals surface area contributed by atoms with Crippen LogP contribution in [-0.2, 0) is 0 Å². The van der Waals surface area contributed by atoms with E-state index in [1.807, 2.05) is 13.8 Å². The second-order valence-corrected chi connectivity index (χ2v) is 5.73. The Hall–Kier alpha value is -1.78. The van der Waals surface area contributed by atoms with Gasteiger partial charge in [0.25, 0.3) is 0 Å². The summed E-state index contributed by atoms with van der Waals surface area (Å²) in [5.74, 6) is 1.04. The molecule has 0 aliphatic heterocycles. The van der Waals surface area contributed by atoms with Gasteiger partial charge in [-0.15, -0.1) is 0 Å². The second-order valence-electron chi connectivity index (χ2n) is 5.73. The van der Waals surface area contributed by atoms with Crippen LogP contribution in [-0.4, -0.2) is 17.1 Å². The van der Waals surface area contributed by atoms with Crippen molar-refractivity contribution in [2.45, 2.75) is 52.2 Å². The monoisotopic (exact) mass is 278 g/mol. The fraction of sp³-hybridized carbons (Fsp3) is 0.600. The van der Waals surface area contributed by atoms with Gasteiger partial charge in [0.15, 0.2) is 5.75 Å². The zero-order chi connectivity index (χ0) is 14.7. The molecule has 1 N–H and O–H groups in total. The average Bonchev–Trinajstić information content (AvgIpc) is 2.25. The highest BCUT2D eigenvalue weighted by Crippen LogP contribution is 2.34. The number of nitro groups is 1. The van der Waals surface area contributed by atoms with E-state index in [2.05, 4.69) is 12.2 Å². The molecule has 1 aromatic carbocycles. The molecule has 0 aromatic heterocycles. The van der Waals surface area contributed by atoms with Crippen molar-refractivity contribution in [3.63, 3.8) is 0 Å². The number of rotatable bonds is 6. The summed E-state index contributed by atoms with van der Waals surface area (Å²) in [5, 5.41) is 14.4. The molecule has 5 heteroatoms. The number of benzene rings is 1. The van der Waals surface area contributed by atoms with Gasteiger partial charge in [0.1, 0.15) is 0 Å². The van der Waals surface area contributed by atoms with Gasteiger partial charge in [0.2, 0.25) is 0 Å². The normalized spacial score (nSPS) is 16.6. The third-order valence-electron chi connectivity index (χ3n) is 3.77. The van der Waals surface area contributed by atoms with Crippen molar-refractivity contribution in [3.05, 3.63) is 28.3 Å². The van der Waals surface area contributed by atoms with E-state index in [0.717, 1.165) is 5.69 Å². The Morgan fingerprint density at radius 2 is 2.05 bits per heavy atom. The molecular formula is C15H22N2O3. The van der Waals surface area contributed by atoms with Crippen LogP contribution in [0.15, 0.2) is 18.2 Å². The van der Waals surface area contributed by atoms with Crippen LogP contribution in [0.25, 0.3) is 0 Å². The van der Waals surface area contributed by atoms with E-state index in [0.29, 0.717) is 17.7 Å². The maximum absolute atomic E-state index is 11.0. The molecule has 0 saturated heterocycles. The lowest BCUT2D eigenvalue weighted by molar-refractivity contribution is -0.386. The number of nitro benzene ring substituents is 1. The smallest absolute Gasteiger partial charge is 0.311 e. The first-order chi connectivity index (χ1) is 9.47. The lowest BCUT2D eigenvalue weighted by Gasteiger charge is -2.32. The predicted molar refractivity (Wildman–Crippen MR) is 79.3 cm³/mol. The van der Waals surface area contributed by atoms with Crippen LogP contribution in [0, 0.1) is 16.0 Å². The Labute approximate surface area is 119 Å². The fourth-order valence-electron chi connectivity index (χ4n) is 2.42. The van der Waals surface area contributed by atoms with Gasteiger partial charge in [-0.2, -0.15) is 0 Å². The van der Waals surface area contributed by atoms with E-state index in [9.17, 15) is 10.1 Å². The van der Waals surface area contributed by atoms with E-state index in [-0.39, 0.29) is 11.8 Å².